The molecule has 0 saturated heterocycles. The van der Waals surface area contributed by atoms with E-state index in [1.165, 1.54) is 27.7 Å². The molecule has 1 aliphatic rings. The van der Waals surface area contributed by atoms with Crippen LogP contribution in [0, 0.1) is 13.8 Å². The first kappa shape index (κ1) is 8.98. The fraction of sp³-hybridized carbons (Fsp3) is 0.385. The van der Waals surface area contributed by atoms with Crippen LogP contribution in [-0.2, 0) is 13.1 Å². The summed E-state index contributed by atoms with van der Waals surface area (Å²) in [6, 6.07) is 6.90. The Hall–Kier alpha value is -1.28. The van der Waals surface area contributed by atoms with Crippen LogP contribution >= 0.6 is 0 Å². The van der Waals surface area contributed by atoms with Gasteiger partial charge < -0.3 is 9.88 Å². The average Bonchev–Trinajstić information content (AvgIpc) is 2.57. The molecule has 0 saturated carbocycles. The molecule has 1 aromatic heterocycles. The number of benzene rings is 1. The number of nitrogens with zero attached hydrogens (tertiary/aromatic N) is 1. The largest absolute Gasteiger partial charge is 0.342 e. The third kappa shape index (κ3) is 1.29. The first-order valence-electron chi connectivity index (χ1n) is 5.56. The van der Waals surface area contributed by atoms with E-state index in [0.717, 1.165) is 19.6 Å². The molecule has 0 spiro atoms. The van der Waals surface area contributed by atoms with Gasteiger partial charge in [0.15, 0.2) is 0 Å². The van der Waals surface area contributed by atoms with Gasteiger partial charge in [-0.05, 0) is 37.1 Å². The molecule has 2 heteroatoms. The molecule has 1 aromatic carbocycles. The summed E-state index contributed by atoms with van der Waals surface area (Å²) in [5.74, 6) is 0. The zero-order chi connectivity index (χ0) is 10.4. The Bertz CT molecular complexity index is 523. The number of aryl methyl sites for hydroxylation is 2. The monoisotopic (exact) mass is 200 g/mol. The molecule has 0 amide bonds. The molecule has 15 heavy (non-hydrogen) atoms. The predicted octanol–water partition coefficient (Wildman–Crippen LogP) is 2.36. The van der Waals surface area contributed by atoms with E-state index >= 15 is 0 Å². The van der Waals surface area contributed by atoms with Crippen LogP contribution in [0.3, 0.4) is 0 Å². The molecule has 0 bridgehead atoms. The van der Waals surface area contributed by atoms with Crippen molar-refractivity contribution >= 4 is 10.9 Å². The second kappa shape index (κ2) is 3.11. The van der Waals surface area contributed by atoms with Gasteiger partial charge in [0.05, 0.1) is 0 Å². The van der Waals surface area contributed by atoms with Crippen molar-refractivity contribution in [1.82, 2.24) is 9.88 Å². The molecule has 1 aliphatic heterocycles. The maximum Gasteiger partial charge on any atom is 0.0488 e. The summed E-state index contributed by atoms with van der Waals surface area (Å²) in [6.07, 6.45) is 0. The second-order valence-electron chi connectivity index (χ2n) is 4.48. The van der Waals surface area contributed by atoms with Gasteiger partial charge in [0.2, 0.25) is 0 Å². The molecule has 1 N–H and O–H groups in total. The number of fused-ring (bicyclic) bond motifs is 3. The lowest BCUT2D eigenvalue weighted by Gasteiger charge is -2.17. The van der Waals surface area contributed by atoms with Gasteiger partial charge in [0.25, 0.3) is 0 Å². The highest BCUT2D eigenvalue weighted by atomic mass is 15.1. The van der Waals surface area contributed by atoms with Crippen molar-refractivity contribution in [3.8, 4) is 0 Å². The van der Waals surface area contributed by atoms with Crippen LogP contribution in [0.25, 0.3) is 10.9 Å². The van der Waals surface area contributed by atoms with Gasteiger partial charge in [0.1, 0.15) is 0 Å². The van der Waals surface area contributed by atoms with E-state index in [-0.39, 0.29) is 0 Å². The van der Waals surface area contributed by atoms with E-state index < -0.39 is 0 Å². The molecular formula is C13H16N2. The Morgan fingerprint density at radius 1 is 1.20 bits per heavy atom. The maximum absolute atomic E-state index is 3.42. The van der Waals surface area contributed by atoms with Gasteiger partial charge in [-0.2, -0.15) is 0 Å². The van der Waals surface area contributed by atoms with Crippen molar-refractivity contribution in [2.24, 2.45) is 0 Å². The molecule has 78 valence electrons. The third-order valence-corrected chi connectivity index (χ3v) is 3.28. The van der Waals surface area contributed by atoms with Crippen molar-refractivity contribution in [1.29, 1.82) is 0 Å². The fourth-order valence-electron chi connectivity index (χ4n) is 2.58. The van der Waals surface area contributed by atoms with E-state index in [2.05, 4.69) is 41.9 Å². The summed E-state index contributed by atoms with van der Waals surface area (Å²) in [5, 5.41) is 4.83. The van der Waals surface area contributed by atoms with Crippen molar-refractivity contribution in [2.75, 3.05) is 6.54 Å². The number of nitrogens with one attached hydrogen (secondary N) is 1. The highest BCUT2D eigenvalue weighted by molar-refractivity contribution is 5.85. The second-order valence-corrected chi connectivity index (χ2v) is 4.48. The molecule has 0 unspecified atom stereocenters. The quantitative estimate of drug-likeness (QED) is 0.691. The molecule has 2 heterocycles. The average molecular weight is 200 g/mol. The highest BCUT2D eigenvalue weighted by Gasteiger charge is 2.13. The van der Waals surface area contributed by atoms with Crippen LogP contribution in [0.2, 0.25) is 0 Å². The third-order valence-electron chi connectivity index (χ3n) is 3.28. The first-order chi connectivity index (χ1) is 7.25. The Labute approximate surface area is 89.9 Å². The minimum absolute atomic E-state index is 1.01. The standard InChI is InChI=1S/C13H16N2/c1-9-5-10(2)12-7-11-8-14-3-4-15(11)13(12)6-9/h5-7,14H,3-4,8H2,1-2H3. The van der Waals surface area contributed by atoms with Crippen molar-refractivity contribution in [2.45, 2.75) is 26.9 Å². The smallest absolute Gasteiger partial charge is 0.0488 e. The van der Waals surface area contributed by atoms with E-state index in [0.29, 0.717) is 0 Å². The Morgan fingerprint density at radius 3 is 2.93 bits per heavy atom. The van der Waals surface area contributed by atoms with Crippen LogP contribution in [0.4, 0.5) is 0 Å². The summed E-state index contributed by atoms with van der Waals surface area (Å²) >= 11 is 0. The predicted molar refractivity (Wildman–Crippen MR) is 63.1 cm³/mol. The summed E-state index contributed by atoms with van der Waals surface area (Å²) in [6.45, 7) is 7.57. The molecule has 0 radical (unpaired) electrons. The summed E-state index contributed by atoms with van der Waals surface area (Å²) in [5.41, 5.74) is 5.58. The SMILES string of the molecule is Cc1cc(C)c2cc3n(c2c1)CCNC3. The van der Waals surface area contributed by atoms with Crippen molar-refractivity contribution in [3.63, 3.8) is 0 Å². The Kier molecular flexibility index (Phi) is 1.86. The normalized spacial score (nSPS) is 15.6. The van der Waals surface area contributed by atoms with Gasteiger partial charge >= 0.3 is 0 Å². The molecule has 2 nitrogen and oxygen atoms in total. The van der Waals surface area contributed by atoms with E-state index in [1.807, 2.05) is 0 Å². The number of rotatable bonds is 0. The highest BCUT2D eigenvalue weighted by Crippen LogP contribution is 2.25. The molecule has 2 aromatic rings. The van der Waals surface area contributed by atoms with E-state index in [9.17, 15) is 0 Å². The minimum atomic E-state index is 1.01. The summed E-state index contributed by atoms with van der Waals surface area (Å²) < 4.78 is 2.45. The lowest BCUT2D eigenvalue weighted by molar-refractivity contribution is 0.527. The molecule has 0 aliphatic carbocycles. The number of aromatic nitrogens is 1. The summed E-state index contributed by atoms with van der Waals surface area (Å²) in [4.78, 5) is 0. The number of hydrogen-bond donors (Lipinski definition) is 1. The molecule has 3 rings (SSSR count). The summed E-state index contributed by atoms with van der Waals surface area (Å²) in [7, 11) is 0. The van der Waals surface area contributed by atoms with Crippen LogP contribution < -0.4 is 5.32 Å². The van der Waals surface area contributed by atoms with E-state index in [1.54, 1.807) is 0 Å². The van der Waals surface area contributed by atoms with Gasteiger partial charge in [-0.25, -0.2) is 0 Å². The van der Waals surface area contributed by atoms with Gasteiger partial charge in [-0.3, -0.25) is 0 Å². The van der Waals surface area contributed by atoms with Gasteiger partial charge in [-0.15, -0.1) is 0 Å². The Morgan fingerprint density at radius 2 is 2.07 bits per heavy atom. The maximum atomic E-state index is 3.42. The van der Waals surface area contributed by atoms with Crippen LogP contribution in [0.1, 0.15) is 16.8 Å². The van der Waals surface area contributed by atoms with Crippen molar-refractivity contribution < 1.29 is 0 Å². The minimum Gasteiger partial charge on any atom is -0.342 e. The van der Waals surface area contributed by atoms with Crippen molar-refractivity contribution in [3.05, 3.63) is 35.0 Å². The Balaban J connectivity index is 2.37. The lowest BCUT2D eigenvalue weighted by Crippen LogP contribution is -2.27. The fourth-order valence-corrected chi connectivity index (χ4v) is 2.58. The van der Waals surface area contributed by atoms with Crippen LogP contribution in [0.15, 0.2) is 18.2 Å². The van der Waals surface area contributed by atoms with Gasteiger partial charge in [-0.1, -0.05) is 6.07 Å². The van der Waals surface area contributed by atoms with E-state index in [4.69, 9.17) is 0 Å². The molecule has 0 atom stereocenters. The molecule has 0 fully saturated rings. The first-order valence-corrected chi connectivity index (χ1v) is 5.56. The lowest BCUT2D eigenvalue weighted by atomic mass is 10.1. The van der Waals surface area contributed by atoms with Crippen LogP contribution in [0.5, 0.6) is 0 Å². The van der Waals surface area contributed by atoms with Crippen LogP contribution in [-0.4, -0.2) is 11.1 Å². The number of hydrogen-bond acceptors (Lipinski definition) is 1. The van der Waals surface area contributed by atoms with Gasteiger partial charge in [0, 0.05) is 36.2 Å². The molecular weight excluding hydrogens is 184 g/mol. The zero-order valence-corrected chi connectivity index (χ0v) is 9.30. The topological polar surface area (TPSA) is 17.0 Å². The zero-order valence-electron chi connectivity index (χ0n) is 9.30.